The first-order valence-electron chi connectivity index (χ1n) is 16.8. The fraction of sp³-hybridized carbons (Fsp3) is 0.205. The normalized spacial score (nSPS) is 14.1. The molecule has 13 heteroatoms. The van der Waals surface area contributed by atoms with Crippen molar-refractivity contribution in [3.05, 3.63) is 143 Å². The number of aromatic hydroxyl groups is 1. The lowest BCUT2D eigenvalue weighted by Gasteiger charge is -2.39. The Morgan fingerprint density at radius 1 is 0.865 bits per heavy atom. The molecule has 52 heavy (non-hydrogen) atoms. The van der Waals surface area contributed by atoms with Crippen LogP contribution in [0.25, 0.3) is 11.1 Å². The molecule has 6 rings (SSSR count). The number of nitrogens with one attached hydrogen (secondary N) is 2. The Bertz CT molecular complexity index is 2120. The van der Waals surface area contributed by atoms with Crippen LogP contribution in [0.4, 0.5) is 17.1 Å². The van der Waals surface area contributed by atoms with Crippen LogP contribution in [0.3, 0.4) is 0 Å². The maximum atomic E-state index is 13.1. The van der Waals surface area contributed by atoms with Crippen molar-refractivity contribution in [1.82, 2.24) is 9.62 Å². The van der Waals surface area contributed by atoms with Crippen LogP contribution in [0, 0.1) is 10.1 Å². The molecule has 5 aromatic rings. The number of nitro groups is 1. The van der Waals surface area contributed by atoms with E-state index in [4.69, 9.17) is 0 Å². The van der Waals surface area contributed by atoms with Crippen molar-refractivity contribution in [2.75, 3.05) is 48.7 Å². The van der Waals surface area contributed by atoms with Gasteiger partial charge in [0.05, 0.1) is 9.82 Å². The SMILES string of the molecule is CC(c1ccc(-c2cccc(O)c2)cc1)N1CCN(c2ccc(C(=O)NS(=O)(=O)c3ccc(NCCSc4ccccc4)c([N+](=O)[O-])c3)cc2)CC1. The maximum Gasteiger partial charge on any atom is 0.293 e. The molecular formula is C39H39N5O6S2. The largest absolute Gasteiger partial charge is 0.508 e. The second-order valence-electron chi connectivity index (χ2n) is 12.4. The summed E-state index contributed by atoms with van der Waals surface area (Å²) in [5.74, 6) is 0.0529. The molecule has 1 aliphatic heterocycles. The van der Waals surface area contributed by atoms with E-state index in [0.717, 1.165) is 54.0 Å². The van der Waals surface area contributed by atoms with Gasteiger partial charge in [-0.1, -0.05) is 54.6 Å². The zero-order chi connectivity index (χ0) is 36.7. The topological polar surface area (TPSA) is 145 Å². The number of phenolic OH excluding ortho intramolecular Hbond substituents is 1. The Morgan fingerprint density at radius 2 is 1.58 bits per heavy atom. The summed E-state index contributed by atoms with van der Waals surface area (Å²) < 4.78 is 28.3. The molecule has 0 spiro atoms. The van der Waals surface area contributed by atoms with Crippen LogP contribution in [0.2, 0.25) is 0 Å². The molecule has 1 atom stereocenters. The summed E-state index contributed by atoms with van der Waals surface area (Å²) in [4.78, 5) is 29.5. The van der Waals surface area contributed by atoms with E-state index in [-0.39, 0.29) is 27.9 Å². The van der Waals surface area contributed by atoms with Crippen LogP contribution in [-0.2, 0) is 10.0 Å². The van der Waals surface area contributed by atoms with E-state index >= 15 is 0 Å². The molecule has 1 fully saturated rings. The number of amides is 1. The first kappa shape index (κ1) is 36.4. The Hall–Kier alpha value is -5.37. The standard InChI is InChI=1S/C39H39N5O6S2/c1-28(29-10-12-30(13-11-29)32-6-5-7-34(45)26-32)42-21-23-43(24-22-42)33-16-14-31(15-17-33)39(46)41-52(49,50)36-18-19-37(38(27-36)44(47)48)40-20-25-51-35-8-3-2-4-9-35/h2-19,26-28,40,45H,20-25H2,1H3,(H,41,46). The van der Waals surface area contributed by atoms with Gasteiger partial charge >= 0.3 is 0 Å². The van der Waals surface area contributed by atoms with E-state index in [1.54, 1.807) is 48.2 Å². The van der Waals surface area contributed by atoms with Crippen LogP contribution in [-0.4, -0.2) is 67.7 Å². The van der Waals surface area contributed by atoms with Gasteiger partial charge in [-0.25, -0.2) is 13.1 Å². The second-order valence-corrected chi connectivity index (χ2v) is 15.2. The van der Waals surface area contributed by atoms with Crippen molar-refractivity contribution in [2.24, 2.45) is 0 Å². The number of nitrogens with zero attached hydrogens (tertiary/aromatic N) is 3. The molecule has 3 N–H and O–H groups in total. The Kier molecular flexibility index (Phi) is 11.4. The number of phenols is 1. The third kappa shape index (κ3) is 8.91. The molecule has 11 nitrogen and oxygen atoms in total. The van der Waals surface area contributed by atoms with Gasteiger partial charge in [0, 0.05) is 66.7 Å². The lowest BCUT2D eigenvalue weighted by Crippen LogP contribution is -2.47. The van der Waals surface area contributed by atoms with Gasteiger partial charge in [0.1, 0.15) is 11.4 Å². The third-order valence-electron chi connectivity index (χ3n) is 9.06. The molecule has 0 saturated carbocycles. The smallest absolute Gasteiger partial charge is 0.293 e. The molecule has 1 amide bonds. The highest BCUT2D eigenvalue weighted by molar-refractivity contribution is 7.99. The zero-order valence-electron chi connectivity index (χ0n) is 28.5. The fourth-order valence-corrected chi connectivity index (χ4v) is 7.91. The molecule has 1 unspecified atom stereocenters. The second kappa shape index (κ2) is 16.3. The summed E-state index contributed by atoms with van der Waals surface area (Å²) in [6.07, 6.45) is 0. The fourth-order valence-electron chi connectivity index (χ4n) is 6.13. The van der Waals surface area contributed by atoms with E-state index in [9.17, 15) is 28.4 Å². The summed E-state index contributed by atoms with van der Waals surface area (Å²) in [5, 5.41) is 24.6. The minimum absolute atomic E-state index is 0.150. The predicted octanol–water partition coefficient (Wildman–Crippen LogP) is 7.17. The Morgan fingerprint density at radius 3 is 2.25 bits per heavy atom. The minimum Gasteiger partial charge on any atom is -0.508 e. The van der Waals surface area contributed by atoms with Gasteiger partial charge in [0.15, 0.2) is 0 Å². The molecule has 268 valence electrons. The first-order valence-corrected chi connectivity index (χ1v) is 19.3. The number of benzene rings is 5. The summed E-state index contributed by atoms with van der Waals surface area (Å²) in [7, 11) is -4.39. The number of rotatable bonds is 13. The van der Waals surface area contributed by atoms with Gasteiger partial charge in [-0.05, 0) is 84.3 Å². The quantitative estimate of drug-likeness (QED) is 0.0492. The van der Waals surface area contributed by atoms with Crippen molar-refractivity contribution < 1.29 is 23.2 Å². The van der Waals surface area contributed by atoms with Crippen molar-refractivity contribution >= 4 is 44.8 Å². The molecule has 1 heterocycles. The van der Waals surface area contributed by atoms with E-state index in [1.165, 1.54) is 17.7 Å². The van der Waals surface area contributed by atoms with Crippen molar-refractivity contribution in [3.8, 4) is 16.9 Å². The monoisotopic (exact) mass is 737 g/mol. The van der Waals surface area contributed by atoms with Gasteiger partial charge in [0.25, 0.3) is 21.6 Å². The van der Waals surface area contributed by atoms with Gasteiger partial charge in [-0.2, -0.15) is 0 Å². The minimum atomic E-state index is -4.39. The summed E-state index contributed by atoms with van der Waals surface area (Å²) in [6.45, 7) is 5.84. The molecule has 1 aliphatic rings. The highest BCUT2D eigenvalue weighted by Gasteiger charge is 2.25. The molecule has 5 aromatic carbocycles. The van der Waals surface area contributed by atoms with Crippen LogP contribution >= 0.6 is 11.8 Å². The van der Waals surface area contributed by atoms with Gasteiger partial charge in [-0.15, -0.1) is 11.8 Å². The summed E-state index contributed by atoms with van der Waals surface area (Å²) in [6, 6.07) is 35.8. The van der Waals surface area contributed by atoms with E-state index in [1.807, 2.05) is 47.2 Å². The van der Waals surface area contributed by atoms with E-state index in [0.29, 0.717) is 12.3 Å². The van der Waals surface area contributed by atoms with Gasteiger partial charge < -0.3 is 15.3 Å². The van der Waals surface area contributed by atoms with Gasteiger partial charge in [-0.3, -0.25) is 19.8 Å². The highest BCUT2D eigenvalue weighted by atomic mass is 32.2. The Balaban J connectivity index is 1.01. The summed E-state index contributed by atoms with van der Waals surface area (Å²) >= 11 is 1.59. The highest BCUT2D eigenvalue weighted by Crippen LogP contribution is 2.30. The number of carbonyl (C=O) groups excluding carboxylic acids is 1. The molecule has 1 saturated heterocycles. The number of hydrogen-bond acceptors (Lipinski definition) is 10. The van der Waals surface area contributed by atoms with Crippen LogP contribution in [0.1, 0.15) is 28.9 Å². The average Bonchev–Trinajstić information content (AvgIpc) is 3.16. The molecule has 0 aliphatic carbocycles. The third-order valence-corrected chi connectivity index (χ3v) is 11.4. The molecule has 0 radical (unpaired) electrons. The molecule has 0 aromatic heterocycles. The number of hydrogen-bond donors (Lipinski definition) is 3. The van der Waals surface area contributed by atoms with Crippen LogP contribution < -0.4 is 14.9 Å². The summed E-state index contributed by atoms with van der Waals surface area (Å²) in [5.41, 5.74) is 4.07. The number of nitro benzene ring substituents is 1. The number of carbonyl (C=O) groups is 1. The lowest BCUT2D eigenvalue weighted by molar-refractivity contribution is -0.384. The van der Waals surface area contributed by atoms with Gasteiger partial charge in [0.2, 0.25) is 0 Å². The maximum absolute atomic E-state index is 13.1. The zero-order valence-corrected chi connectivity index (χ0v) is 30.1. The van der Waals surface area contributed by atoms with Crippen LogP contribution in [0.5, 0.6) is 5.75 Å². The number of piperazine rings is 1. The van der Waals surface area contributed by atoms with E-state index < -0.39 is 26.5 Å². The molecule has 0 bridgehead atoms. The Labute approximate surface area is 307 Å². The van der Waals surface area contributed by atoms with Crippen molar-refractivity contribution in [2.45, 2.75) is 22.8 Å². The molecular weight excluding hydrogens is 699 g/mol. The van der Waals surface area contributed by atoms with Crippen molar-refractivity contribution in [1.29, 1.82) is 0 Å². The van der Waals surface area contributed by atoms with Crippen molar-refractivity contribution in [3.63, 3.8) is 0 Å². The number of thioether (sulfide) groups is 1. The van der Waals surface area contributed by atoms with E-state index in [2.05, 4.69) is 46.3 Å². The predicted molar refractivity (Wildman–Crippen MR) is 206 cm³/mol. The first-order chi connectivity index (χ1) is 25.1. The number of sulfonamides is 1. The van der Waals surface area contributed by atoms with Crippen LogP contribution in [0.15, 0.2) is 131 Å². The average molecular weight is 738 g/mol. The number of anilines is 2. The lowest BCUT2D eigenvalue weighted by atomic mass is 10.00.